The third-order valence-corrected chi connectivity index (χ3v) is 2.95. The fourth-order valence-electron chi connectivity index (χ4n) is 1.84. The molecule has 6 nitrogen and oxygen atoms in total. The topological polar surface area (TPSA) is 83.0 Å². The fraction of sp³-hybridized carbons (Fsp3) is 0.357. The number of ether oxygens (including phenoxy) is 1. The molecular weight excluding hydrogens is 256 g/mol. The smallest absolute Gasteiger partial charge is 0.338 e. The second kappa shape index (κ2) is 6.29. The lowest BCUT2D eigenvalue weighted by Gasteiger charge is -2.07. The zero-order valence-corrected chi connectivity index (χ0v) is 11.7. The minimum atomic E-state index is -0.328. The van der Waals surface area contributed by atoms with Crippen LogP contribution in [0.5, 0.6) is 0 Å². The van der Waals surface area contributed by atoms with E-state index in [4.69, 9.17) is 10.5 Å². The Kier molecular flexibility index (Phi) is 4.47. The highest BCUT2D eigenvalue weighted by Gasteiger charge is 2.12. The van der Waals surface area contributed by atoms with E-state index < -0.39 is 0 Å². The van der Waals surface area contributed by atoms with E-state index in [0.29, 0.717) is 18.7 Å². The monoisotopic (exact) mass is 274 g/mol. The number of carbonyl (C=O) groups excluding carboxylic acids is 1. The highest BCUT2D eigenvalue weighted by molar-refractivity contribution is 5.90. The largest absolute Gasteiger partial charge is 0.462 e. The summed E-state index contributed by atoms with van der Waals surface area (Å²) in [5.41, 5.74) is 8.46. The van der Waals surface area contributed by atoms with Crippen LogP contribution in [0.15, 0.2) is 24.3 Å². The van der Waals surface area contributed by atoms with Gasteiger partial charge < -0.3 is 10.5 Å². The molecule has 1 aromatic heterocycles. The van der Waals surface area contributed by atoms with Gasteiger partial charge in [0.05, 0.1) is 29.2 Å². The molecule has 0 atom stereocenters. The predicted octanol–water partition coefficient (Wildman–Crippen LogP) is 1.60. The van der Waals surface area contributed by atoms with Crippen molar-refractivity contribution < 1.29 is 9.53 Å². The Labute approximate surface area is 117 Å². The van der Waals surface area contributed by atoms with Crippen molar-refractivity contribution in [3.05, 3.63) is 41.2 Å². The Morgan fingerprint density at radius 1 is 1.45 bits per heavy atom. The van der Waals surface area contributed by atoms with E-state index in [1.165, 1.54) is 0 Å². The van der Waals surface area contributed by atoms with Gasteiger partial charge in [0, 0.05) is 6.54 Å². The van der Waals surface area contributed by atoms with Gasteiger partial charge in [-0.15, -0.1) is 5.10 Å². The summed E-state index contributed by atoms with van der Waals surface area (Å²) in [6.45, 7) is 4.61. The molecule has 0 saturated carbocycles. The number of benzene rings is 1. The maximum atomic E-state index is 11.8. The quantitative estimate of drug-likeness (QED) is 0.837. The van der Waals surface area contributed by atoms with Crippen LogP contribution in [0.25, 0.3) is 5.69 Å². The van der Waals surface area contributed by atoms with E-state index in [1.807, 2.05) is 19.9 Å². The standard InChI is InChI=1S/C14H18N4O2/c1-3-7-20-14(19)11-5-4-6-12(8-11)18-10(2)13(9-15)16-17-18/h4-6,8H,3,7,9,15H2,1-2H3. The Hall–Kier alpha value is -2.21. The van der Waals surface area contributed by atoms with Gasteiger partial charge in [-0.3, -0.25) is 0 Å². The number of hydrogen-bond acceptors (Lipinski definition) is 5. The normalized spacial score (nSPS) is 10.6. The molecule has 106 valence electrons. The lowest BCUT2D eigenvalue weighted by atomic mass is 10.2. The number of aromatic nitrogens is 3. The van der Waals surface area contributed by atoms with Gasteiger partial charge in [0.15, 0.2) is 0 Å². The molecule has 0 bridgehead atoms. The van der Waals surface area contributed by atoms with Crippen LogP contribution in [0.2, 0.25) is 0 Å². The number of carbonyl (C=O) groups is 1. The lowest BCUT2D eigenvalue weighted by Crippen LogP contribution is -2.08. The van der Waals surface area contributed by atoms with Crippen LogP contribution < -0.4 is 5.73 Å². The summed E-state index contributed by atoms with van der Waals surface area (Å²) in [7, 11) is 0. The molecule has 0 amide bonds. The summed E-state index contributed by atoms with van der Waals surface area (Å²) in [6, 6.07) is 7.11. The van der Waals surface area contributed by atoms with E-state index in [1.54, 1.807) is 22.9 Å². The summed E-state index contributed by atoms with van der Waals surface area (Å²) >= 11 is 0. The average Bonchev–Trinajstić information content (AvgIpc) is 2.85. The Balaban J connectivity index is 2.29. The summed E-state index contributed by atoms with van der Waals surface area (Å²) in [4.78, 5) is 11.8. The second-order valence-corrected chi connectivity index (χ2v) is 4.42. The van der Waals surface area contributed by atoms with Crippen LogP contribution in [0.3, 0.4) is 0 Å². The molecule has 0 radical (unpaired) electrons. The maximum absolute atomic E-state index is 11.8. The van der Waals surface area contributed by atoms with Crippen molar-refractivity contribution >= 4 is 5.97 Å². The number of rotatable bonds is 5. The van der Waals surface area contributed by atoms with Crippen LogP contribution in [0, 0.1) is 6.92 Å². The summed E-state index contributed by atoms with van der Waals surface area (Å²) in [6.07, 6.45) is 0.799. The molecule has 2 N–H and O–H groups in total. The minimum absolute atomic E-state index is 0.328. The van der Waals surface area contributed by atoms with Crippen LogP contribution >= 0.6 is 0 Å². The molecule has 0 aliphatic carbocycles. The van der Waals surface area contributed by atoms with Gasteiger partial charge in [-0.2, -0.15) is 0 Å². The van der Waals surface area contributed by atoms with Crippen molar-refractivity contribution in [2.24, 2.45) is 5.73 Å². The SMILES string of the molecule is CCCOC(=O)c1cccc(-n2nnc(CN)c2C)c1. The molecule has 1 heterocycles. The molecule has 20 heavy (non-hydrogen) atoms. The number of nitrogens with zero attached hydrogens (tertiary/aromatic N) is 3. The predicted molar refractivity (Wildman–Crippen MR) is 74.6 cm³/mol. The first-order chi connectivity index (χ1) is 9.67. The lowest BCUT2D eigenvalue weighted by molar-refractivity contribution is 0.0505. The maximum Gasteiger partial charge on any atom is 0.338 e. The van der Waals surface area contributed by atoms with Gasteiger partial charge in [-0.25, -0.2) is 9.48 Å². The van der Waals surface area contributed by atoms with Gasteiger partial charge in [-0.1, -0.05) is 18.2 Å². The van der Waals surface area contributed by atoms with Crippen LogP contribution in [0.4, 0.5) is 0 Å². The van der Waals surface area contributed by atoms with Crippen molar-refractivity contribution in [2.75, 3.05) is 6.61 Å². The minimum Gasteiger partial charge on any atom is -0.462 e. The van der Waals surface area contributed by atoms with Crippen LogP contribution in [-0.2, 0) is 11.3 Å². The average molecular weight is 274 g/mol. The van der Waals surface area contributed by atoms with E-state index in [-0.39, 0.29) is 5.97 Å². The molecule has 2 aromatic rings. The molecular formula is C14H18N4O2. The summed E-state index contributed by atoms with van der Waals surface area (Å²) < 4.78 is 6.79. The van der Waals surface area contributed by atoms with E-state index >= 15 is 0 Å². The molecule has 6 heteroatoms. The van der Waals surface area contributed by atoms with Gasteiger partial charge >= 0.3 is 5.97 Å². The van der Waals surface area contributed by atoms with Crippen molar-refractivity contribution in [3.63, 3.8) is 0 Å². The van der Waals surface area contributed by atoms with Crippen LogP contribution in [0.1, 0.15) is 35.1 Å². The number of nitrogens with two attached hydrogens (primary N) is 1. The first kappa shape index (κ1) is 14.2. The zero-order valence-electron chi connectivity index (χ0n) is 11.7. The van der Waals surface area contributed by atoms with Gasteiger partial charge in [0.2, 0.25) is 0 Å². The summed E-state index contributed by atoms with van der Waals surface area (Å²) in [5, 5.41) is 8.06. The first-order valence-electron chi connectivity index (χ1n) is 6.56. The Bertz CT molecular complexity index is 607. The van der Waals surface area contributed by atoms with Crippen molar-refractivity contribution in [1.29, 1.82) is 0 Å². The first-order valence-corrected chi connectivity index (χ1v) is 6.56. The third kappa shape index (κ3) is 2.85. The third-order valence-electron chi connectivity index (χ3n) is 2.95. The van der Waals surface area contributed by atoms with E-state index in [0.717, 1.165) is 23.5 Å². The van der Waals surface area contributed by atoms with Crippen LogP contribution in [-0.4, -0.2) is 27.6 Å². The van der Waals surface area contributed by atoms with E-state index in [9.17, 15) is 4.79 Å². The molecule has 0 aliphatic rings. The molecule has 0 fully saturated rings. The summed E-state index contributed by atoms with van der Waals surface area (Å²) in [5.74, 6) is -0.328. The van der Waals surface area contributed by atoms with Gasteiger partial charge in [-0.05, 0) is 31.5 Å². The van der Waals surface area contributed by atoms with Gasteiger partial charge in [0.1, 0.15) is 0 Å². The second-order valence-electron chi connectivity index (χ2n) is 4.42. The highest BCUT2D eigenvalue weighted by atomic mass is 16.5. The molecule has 0 saturated heterocycles. The fourth-order valence-corrected chi connectivity index (χ4v) is 1.84. The molecule has 0 unspecified atom stereocenters. The Morgan fingerprint density at radius 2 is 2.25 bits per heavy atom. The highest BCUT2D eigenvalue weighted by Crippen LogP contribution is 2.14. The number of esters is 1. The molecule has 2 rings (SSSR count). The van der Waals surface area contributed by atoms with Gasteiger partial charge in [0.25, 0.3) is 0 Å². The van der Waals surface area contributed by atoms with Crippen molar-refractivity contribution in [1.82, 2.24) is 15.0 Å². The molecule has 1 aromatic carbocycles. The van der Waals surface area contributed by atoms with Crippen molar-refractivity contribution in [2.45, 2.75) is 26.8 Å². The van der Waals surface area contributed by atoms with E-state index in [2.05, 4.69) is 10.3 Å². The number of hydrogen-bond donors (Lipinski definition) is 1. The molecule has 0 spiro atoms. The molecule has 0 aliphatic heterocycles. The van der Waals surface area contributed by atoms with Crippen molar-refractivity contribution in [3.8, 4) is 5.69 Å². The Morgan fingerprint density at radius 3 is 2.90 bits per heavy atom. The zero-order chi connectivity index (χ0) is 14.5.